The Hall–Kier alpha value is -3.30. The number of nitrogens with zero attached hydrogens (tertiary/aromatic N) is 2. The number of nitrogens with one attached hydrogen (secondary N) is 1. The molecule has 10 heteroatoms. The number of hydrogen-bond acceptors (Lipinski definition) is 4. The lowest BCUT2D eigenvalue weighted by Crippen LogP contribution is -2.49. The Balaban J connectivity index is 1.48. The van der Waals surface area contributed by atoms with E-state index in [1.807, 2.05) is 0 Å². The third-order valence-corrected chi connectivity index (χ3v) is 6.80. The standard InChI is InChI=1S/C22H20F3N3O4/c23-11-6-15(24)13(16(25)7-11)8-26-20(31)14-10-27-12-2-1-3-22(4-5-22)28(9-12)21(32)17(27)19(30)18(14)29/h6-7,10,12,30H,1-5,8-9H2,(H,26,31). The summed E-state index contributed by atoms with van der Waals surface area (Å²) in [6.45, 7) is -0.196. The average Bonchev–Trinajstić information content (AvgIpc) is 3.53. The maximum Gasteiger partial charge on any atom is 0.275 e. The van der Waals surface area contributed by atoms with Crippen LogP contribution in [-0.4, -0.2) is 38.5 Å². The summed E-state index contributed by atoms with van der Waals surface area (Å²) in [5.74, 6) is -5.65. The van der Waals surface area contributed by atoms with Crippen LogP contribution < -0.4 is 10.7 Å². The molecule has 2 N–H and O–H groups in total. The first kappa shape index (κ1) is 20.6. The second kappa shape index (κ2) is 7.11. The van der Waals surface area contributed by atoms with E-state index >= 15 is 0 Å². The van der Waals surface area contributed by atoms with Crippen LogP contribution in [0.3, 0.4) is 0 Å². The number of carbonyl (C=O) groups is 2. The maximum absolute atomic E-state index is 13.8. The summed E-state index contributed by atoms with van der Waals surface area (Å²) in [5, 5.41) is 12.8. The van der Waals surface area contributed by atoms with Crippen molar-refractivity contribution in [2.24, 2.45) is 0 Å². The van der Waals surface area contributed by atoms with Gasteiger partial charge in [-0.1, -0.05) is 0 Å². The van der Waals surface area contributed by atoms with Crippen LogP contribution in [-0.2, 0) is 6.54 Å². The quantitative estimate of drug-likeness (QED) is 0.757. The number of rotatable bonds is 3. The number of amides is 2. The molecule has 3 aliphatic rings. The zero-order valence-corrected chi connectivity index (χ0v) is 17.0. The second-order valence-electron chi connectivity index (χ2n) is 8.69. The van der Waals surface area contributed by atoms with E-state index in [0.717, 1.165) is 25.7 Å². The molecule has 1 aromatic carbocycles. The molecule has 5 rings (SSSR count). The van der Waals surface area contributed by atoms with Gasteiger partial charge in [0.25, 0.3) is 11.8 Å². The normalized spacial score (nSPS) is 20.7. The van der Waals surface area contributed by atoms with Gasteiger partial charge in [0, 0.05) is 42.5 Å². The van der Waals surface area contributed by atoms with Crippen LogP contribution in [0.4, 0.5) is 13.2 Å². The predicted molar refractivity (Wildman–Crippen MR) is 106 cm³/mol. The summed E-state index contributed by atoms with van der Waals surface area (Å²) < 4.78 is 42.2. The molecule has 1 aliphatic carbocycles. The number of aromatic nitrogens is 1. The Labute approximate surface area is 180 Å². The zero-order valence-electron chi connectivity index (χ0n) is 17.0. The molecule has 2 amide bonds. The highest BCUT2D eigenvalue weighted by Crippen LogP contribution is 2.51. The molecule has 2 aromatic rings. The number of hydrogen-bond donors (Lipinski definition) is 2. The van der Waals surface area contributed by atoms with Crippen molar-refractivity contribution in [2.75, 3.05) is 6.54 Å². The topological polar surface area (TPSA) is 91.6 Å². The van der Waals surface area contributed by atoms with Crippen LogP contribution in [0.1, 0.15) is 64.6 Å². The first-order chi connectivity index (χ1) is 15.2. The molecule has 2 aliphatic heterocycles. The Morgan fingerprint density at radius 3 is 2.50 bits per heavy atom. The van der Waals surface area contributed by atoms with Crippen LogP contribution in [0.5, 0.6) is 5.75 Å². The van der Waals surface area contributed by atoms with E-state index < -0.39 is 58.1 Å². The number of pyridine rings is 1. The Bertz CT molecular complexity index is 1200. The van der Waals surface area contributed by atoms with Crippen molar-refractivity contribution in [3.05, 3.63) is 62.8 Å². The van der Waals surface area contributed by atoms with E-state index in [1.54, 1.807) is 4.90 Å². The first-order valence-corrected chi connectivity index (χ1v) is 10.4. The fourth-order valence-corrected chi connectivity index (χ4v) is 4.90. The lowest BCUT2D eigenvalue weighted by atomic mass is 10.1. The van der Waals surface area contributed by atoms with Gasteiger partial charge in [-0.05, 0) is 32.1 Å². The molecule has 1 saturated heterocycles. The summed E-state index contributed by atoms with van der Waals surface area (Å²) in [7, 11) is 0. The number of aromatic hydroxyl groups is 1. The Morgan fingerprint density at radius 2 is 1.84 bits per heavy atom. The SMILES string of the molecule is O=C(NCc1c(F)cc(F)cc1F)c1cn2c(c(O)c1=O)C(=O)N1CC2CCCC12CC2. The third kappa shape index (κ3) is 3.08. The number of carbonyl (C=O) groups excluding carboxylic acids is 2. The summed E-state index contributed by atoms with van der Waals surface area (Å²) in [6.07, 6.45) is 5.46. The van der Waals surface area contributed by atoms with Gasteiger partial charge in [0.2, 0.25) is 5.43 Å². The van der Waals surface area contributed by atoms with Crippen molar-refractivity contribution >= 4 is 11.8 Å². The first-order valence-electron chi connectivity index (χ1n) is 10.4. The minimum atomic E-state index is -1.18. The fraction of sp³-hybridized carbons (Fsp3) is 0.409. The summed E-state index contributed by atoms with van der Waals surface area (Å²) in [6, 6.07) is 0.771. The van der Waals surface area contributed by atoms with Gasteiger partial charge in [0.05, 0.1) is 6.04 Å². The summed E-state index contributed by atoms with van der Waals surface area (Å²) in [5.41, 5.74) is -2.37. The van der Waals surface area contributed by atoms with Crippen molar-refractivity contribution in [1.82, 2.24) is 14.8 Å². The van der Waals surface area contributed by atoms with E-state index in [0.29, 0.717) is 25.1 Å². The number of benzene rings is 1. The molecule has 3 heterocycles. The summed E-state index contributed by atoms with van der Waals surface area (Å²) in [4.78, 5) is 40.2. The average molecular weight is 447 g/mol. The van der Waals surface area contributed by atoms with E-state index in [4.69, 9.17) is 0 Å². The molecule has 32 heavy (non-hydrogen) atoms. The van der Waals surface area contributed by atoms with Crippen molar-refractivity contribution in [2.45, 2.75) is 50.2 Å². The van der Waals surface area contributed by atoms with E-state index in [2.05, 4.69) is 5.32 Å². The van der Waals surface area contributed by atoms with Gasteiger partial charge in [-0.25, -0.2) is 13.2 Å². The highest BCUT2D eigenvalue weighted by Gasteiger charge is 2.54. The smallest absolute Gasteiger partial charge is 0.275 e. The lowest BCUT2D eigenvalue weighted by molar-refractivity contribution is 0.0556. The van der Waals surface area contributed by atoms with Crippen molar-refractivity contribution in [3.63, 3.8) is 0 Å². The fourth-order valence-electron chi connectivity index (χ4n) is 4.90. The number of halogens is 3. The van der Waals surface area contributed by atoms with E-state index in [1.165, 1.54) is 10.8 Å². The van der Waals surface area contributed by atoms with Crippen LogP contribution in [0.15, 0.2) is 23.1 Å². The second-order valence-corrected chi connectivity index (χ2v) is 8.69. The van der Waals surface area contributed by atoms with E-state index in [-0.39, 0.29) is 17.3 Å². The largest absolute Gasteiger partial charge is 0.503 e. The van der Waals surface area contributed by atoms with Gasteiger partial charge >= 0.3 is 0 Å². The predicted octanol–water partition coefficient (Wildman–Crippen LogP) is 2.61. The van der Waals surface area contributed by atoms with Gasteiger partial charge in [0.1, 0.15) is 23.0 Å². The molecule has 7 nitrogen and oxygen atoms in total. The minimum Gasteiger partial charge on any atom is -0.503 e. The molecular formula is C22H20F3N3O4. The van der Waals surface area contributed by atoms with Gasteiger partial charge in [-0.3, -0.25) is 14.4 Å². The molecule has 2 fully saturated rings. The molecule has 1 aromatic heterocycles. The van der Waals surface area contributed by atoms with Crippen molar-refractivity contribution in [1.29, 1.82) is 0 Å². The van der Waals surface area contributed by atoms with Crippen molar-refractivity contribution < 1.29 is 27.9 Å². The summed E-state index contributed by atoms with van der Waals surface area (Å²) >= 11 is 0. The molecule has 1 spiro atoms. The molecule has 1 atom stereocenters. The van der Waals surface area contributed by atoms with Gasteiger partial charge < -0.3 is 19.9 Å². The minimum absolute atomic E-state index is 0.133. The molecule has 168 valence electrons. The molecule has 1 saturated carbocycles. The zero-order chi connectivity index (χ0) is 22.8. The number of fused-ring (bicyclic) bond motifs is 5. The van der Waals surface area contributed by atoms with Crippen LogP contribution in [0, 0.1) is 17.5 Å². The van der Waals surface area contributed by atoms with Crippen LogP contribution in [0.2, 0.25) is 0 Å². The molecular weight excluding hydrogens is 427 g/mol. The lowest BCUT2D eigenvalue weighted by Gasteiger charge is -2.38. The van der Waals surface area contributed by atoms with Gasteiger partial charge in [-0.2, -0.15) is 0 Å². The highest BCUT2D eigenvalue weighted by atomic mass is 19.1. The van der Waals surface area contributed by atoms with Crippen LogP contribution in [0.25, 0.3) is 0 Å². The Kier molecular flexibility index (Phi) is 4.58. The third-order valence-electron chi connectivity index (χ3n) is 6.80. The Morgan fingerprint density at radius 1 is 1.16 bits per heavy atom. The van der Waals surface area contributed by atoms with Gasteiger partial charge in [-0.15, -0.1) is 0 Å². The molecule has 0 radical (unpaired) electrons. The van der Waals surface area contributed by atoms with Crippen molar-refractivity contribution in [3.8, 4) is 5.75 Å². The molecule has 1 unspecified atom stereocenters. The van der Waals surface area contributed by atoms with Gasteiger partial charge in [0.15, 0.2) is 11.4 Å². The highest BCUT2D eigenvalue weighted by molar-refractivity contribution is 5.99. The molecule has 2 bridgehead atoms. The van der Waals surface area contributed by atoms with Crippen LogP contribution >= 0.6 is 0 Å². The van der Waals surface area contributed by atoms with E-state index in [9.17, 15) is 32.7 Å². The monoisotopic (exact) mass is 447 g/mol. The maximum atomic E-state index is 13.8.